The predicted molar refractivity (Wildman–Crippen MR) is 89.6 cm³/mol. The highest BCUT2D eigenvalue weighted by atomic mass is 16.5. The molecule has 1 aromatic heterocycles. The van der Waals surface area contributed by atoms with E-state index in [1.165, 1.54) is 11.1 Å². The molecule has 0 aliphatic heterocycles. The van der Waals surface area contributed by atoms with Gasteiger partial charge in [-0.2, -0.15) is 0 Å². The summed E-state index contributed by atoms with van der Waals surface area (Å²) in [6.07, 6.45) is 5.81. The number of hydrogen-bond donors (Lipinski definition) is 0. The average molecular weight is 299 g/mol. The lowest BCUT2D eigenvalue weighted by atomic mass is 10.1. The van der Waals surface area contributed by atoms with Crippen molar-refractivity contribution in [1.82, 2.24) is 14.5 Å². The Hall–Kier alpha value is -1.91. The monoisotopic (exact) mass is 299 g/mol. The van der Waals surface area contributed by atoms with Crippen LogP contribution in [0.15, 0.2) is 49.3 Å². The van der Waals surface area contributed by atoms with E-state index >= 15 is 0 Å². The smallest absolute Gasteiger partial charge is 0.122 e. The molecule has 118 valence electrons. The van der Waals surface area contributed by atoms with E-state index < -0.39 is 0 Å². The molecule has 0 N–H and O–H groups in total. The fraction of sp³-hybridized carbons (Fsp3) is 0.389. The number of benzene rings is 1. The van der Waals surface area contributed by atoms with E-state index in [1.54, 1.807) is 7.11 Å². The van der Waals surface area contributed by atoms with Gasteiger partial charge in [0.25, 0.3) is 0 Å². The molecule has 0 aliphatic rings. The molecular weight excluding hydrogens is 274 g/mol. The van der Waals surface area contributed by atoms with Crippen molar-refractivity contribution in [1.29, 1.82) is 0 Å². The van der Waals surface area contributed by atoms with Gasteiger partial charge in [0.1, 0.15) is 5.82 Å². The van der Waals surface area contributed by atoms with Gasteiger partial charge in [-0.1, -0.05) is 30.3 Å². The summed E-state index contributed by atoms with van der Waals surface area (Å²) in [4.78, 5) is 6.83. The van der Waals surface area contributed by atoms with E-state index in [1.807, 2.05) is 18.5 Å². The third-order valence-electron chi connectivity index (χ3n) is 3.75. The Labute approximate surface area is 133 Å². The highest BCUT2D eigenvalue weighted by Crippen LogP contribution is 2.13. The van der Waals surface area contributed by atoms with Crippen molar-refractivity contribution in [2.75, 3.05) is 20.3 Å². The van der Waals surface area contributed by atoms with Gasteiger partial charge in [0, 0.05) is 39.1 Å². The Kier molecular flexibility index (Phi) is 6.37. The second-order valence-corrected chi connectivity index (χ2v) is 5.41. The minimum absolute atomic E-state index is 0.697. The normalized spacial score (nSPS) is 11.0. The maximum absolute atomic E-state index is 5.16. The standard InChI is InChI=1S/C18H25N3O/c1-4-10-20(14-17-8-6-5-7-16(17)2)15-18-19-9-11-21(18)12-13-22-3/h4-9,11H,1,10,12-15H2,2-3H3. The number of imidazole rings is 1. The van der Waals surface area contributed by atoms with E-state index in [9.17, 15) is 0 Å². The zero-order valence-electron chi connectivity index (χ0n) is 13.5. The highest BCUT2D eigenvalue weighted by molar-refractivity contribution is 5.25. The second-order valence-electron chi connectivity index (χ2n) is 5.41. The molecule has 1 heterocycles. The summed E-state index contributed by atoms with van der Waals surface area (Å²) >= 11 is 0. The maximum Gasteiger partial charge on any atom is 0.122 e. The zero-order chi connectivity index (χ0) is 15.8. The van der Waals surface area contributed by atoms with Crippen molar-refractivity contribution >= 4 is 0 Å². The molecule has 0 saturated carbocycles. The quantitative estimate of drug-likeness (QED) is 0.667. The molecule has 0 aliphatic carbocycles. The molecule has 0 bridgehead atoms. The molecule has 0 fully saturated rings. The van der Waals surface area contributed by atoms with Gasteiger partial charge in [-0.25, -0.2) is 4.98 Å². The van der Waals surface area contributed by atoms with Crippen LogP contribution in [0.1, 0.15) is 17.0 Å². The minimum Gasteiger partial charge on any atom is -0.383 e. The van der Waals surface area contributed by atoms with Crippen LogP contribution in [0.4, 0.5) is 0 Å². The highest BCUT2D eigenvalue weighted by Gasteiger charge is 2.11. The summed E-state index contributed by atoms with van der Waals surface area (Å²) < 4.78 is 7.31. The summed E-state index contributed by atoms with van der Waals surface area (Å²) in [5, 5.41) is 0. The van der Waals surface area contributed by atoms with Crippen LogP contribution in [-0.4, -0.2) is 34.7 Å². The summed E-state index contributed by atoms with van der Waals surface area (Å²) in [5.74, 6) is 1.06. The molecule has 22 heavy (non-hydrogen) atoms. The summed E-state index contributed by atoms with van der Waals surface area (Å²) in [5.41, 5.74) is 2.67. The summed E-state index contributed by atoms with van der Waals surface area (Å²) in [7, 11) is 1.72. The number of ether oxygens (including phenoxy) is 1. The Morgan fingerprint density at radius 1 is 1.32 bits per heavy atom. The third kappa shape index (κ3) is 4.55. The molecule has 2 aromatic rings. The average Bonchev–Trinajstić information content (AvgIpc) is 2.95. The number of hydrogen-bond acceptors (Lipinski definition) is 3. The summed E-state index contributed by atoms with van der Waals surface area (Å²) in [6.45, 7) is 10.1. The summed E-state index contributed by atoms with van der Waals surface area (Å²) in [6, 6.07) is 8.51. The number of methoxy groups -OCH3 is 1. The largest absolute Gasteiger partial charge is 0.383 e. The van der Waals surface area contributed by atoms with Crippen LogP contribution in [0, 0.1) is 6.92 Å². The van der Waals surface area contributed by atoms with Crippen molar-refractivity contribution in [2.24, 2.45) is 0 Å². The van der Waals surface area contributed by atoms with Gasteiger partial charge in [-0.3, -0.25) is 4.90 Å². The van der Waals surface area contributed by atoms with Crippen LogP contribution < -0.4 is 0 Å². The molecule has 4 nitrogen and oxygen atoms in total. The Balaban J connectivity index is 2.07. The molecule has 0 unspecified atom stereocenters. The first-order valence-corrected chi connectivity index (χ1v) is 7.61. The van der Waals surface area contributed by atoms with E-state index in [0.29, 0.717) is 6.61 Å². The second kappa shape index (κ2) is 8.51. The molecule has 1 aromatic carbocycles. The number of aryl methyl sites for hydroxylation is 1. The van der Waals surface area contributed by atoms with E-state index in [0.717, 1.165) is 32.0 Å². The molecule has 0 amide bonds. The van der Waals surface area contributed by atoms with E-state index in [-0.39, 0.29) is 0 Å². The van der Waals surface area contributed by atoms with Crippen LogP contribution in [0.3, 0.4) is 0 Å². The topological polar surface area (TPSA) is 30.3 Å². The molecule has 0 saturated heterocycles. The van der Waals surface area contributed by atoms with Gasteiger partial charge < -0.3 is 9.30 Å². The fourth-order valence-corrected chi connectivity index (χ4v) is 2.48. The molecular formula is C18H25N3O. The molecule has 4 heteroatoms. The van der Waals surface area contributed by atoms with Crippen molar-refractivity contribution in [3.63, 3.8) is 0 Å². The van der Waals surface area contributed by atoms with Gasteiger partial charge >= 0.3 is 0 Å². The molecule has 0 atom stereocenters. The zero-order valence-corrected chi connectivity index (χ0v) is 13.5. The van der Waals surface area contributed by atoms with Crippen molar-refractivity contribution in [3.8, 4) is 0 Å². The van der Waals surface area contributed by atoms with Crippen molar-refractivity contribution in [2.45, 2.75) is 26.6 Å². The van der Waals surface area contributed by atoms with Gasteiger partial charge in [-0.15, -0.1) is 6.58 Å². The SMILES string of the molecule is C=CCN(Cc1ccccc1C)Cc1nccn1CCOC. The van der Waals surface area contributed by atoms with Crippen LogP contribution in [0.25, 0.3) is 0 Å². The van der Waals surface area contributed by atoms with Crippen molar-refractivity contribution < 1.29 is 4.74 Å². The number of nitrogens with zero attached hydrogens (tertiary/aromatic N) is 3. The van der Waals surface area contributed by atoms with Gasteiger partial charge in [0.15, 0.2) is 0 Å². The van der Waals surface area contributed by atoms with Crippen molar-refractivity contribution in [3.05, 3.63) is 66.3 Å². The van der Waals surface area contributed by atoms with Crippen LogP contribution in [-0.2, 0) is 24.4 Å². The van der Waals surface area contributed by atoms with Crippen LogP contribution in [0.5, 0.6) is 0 Å². The van der Waals surface area contributed by atoms with Gasteiger partial charge in [0.05, 0.1) is 13.2 Å². The third-order valence-corrected chi connectivity index (χ3v) is 3.75. The first kappa shape index (κ1) is 16.5. The van der Waals surface area contributed by atoms with Crippen LogP contribution >= 0.6 is 0 Å². The lowest BCUT2D eigenvalue weighted by Gasteiger charge is -2.22. The maximum atomic E-state index is 5.16. The van der Waals surface area contributed by atoms with E-state index in [4.69, 9.17) is 4.74 Å². The first-order chi connectivity index (χ1) is 10.7. The van der Waals surface area contributed by atoms with Crippen LogP contribution in [0.2, 0.25) is 0 Å². The Morgan fingerprint density at radius 2 is 2.14 bits per heavy atom. The van der Waals surface area contributed by atoms with Gasteiger partial charge in [0.2, 0.25) is 0 Å². The molecule has 0 spiro atoms. The number of rotatable bonds is 9. The lowest BCUT2D eigenvalue weighted by Crippen LogP contribution is -2.25. The first-order valence-electron chi connectivity index (χ1n) is 7.61. The van der Waals surface area contributed by atoms with E-state index in [2.05, 4.69) is 52.2 Å². The predicted octanol–water partition coefficient (Wildman–Crippen LogP) is 3.03. The lowest BCUT2D eigenvalue weighted by molar-refractivity contribution is 0.184. The number of aromatic nitrogens is 2. The molecule has 0 radical (unpaired) electrons. The Bertz CT molecular complexity index is 592. The van der Waals surface area contributed by atoms with Gasteiger partial charge in [-0.05, 0) is 18.1 Å². The Morgan fingerprint density at radius 3 is 2.86 bits per heavy atom. The molecule has 2 rings (SSSR count). The fourth-order valence-electron chi connectivity index (χ4n) is 2.48. The minimum atomic E-state index is 0.697.